The number of carbonyl (C=O) groups is 2. The lowest BCUT2D eigenvalue weighted by Crippen LogP contribution is -2.32. The van der Waals surface area contributed by atoms with Gasteiger partial charge >= 0.3 is 0 Å². The highest BCUT2D eigenvalue weighted by atomic mass is 32.1. The summed E-state index contributed by atoms with van der Waals surface area (Å²) in [6, 6.07) is 14.3. The molecule has 232 valence electrons. The number of benzene rings is 1. The molecule has 0 bridgehead atoms. The van der Waals surface area contributed by atoms with Gasteiger partial charge in [0.25, 0.3) is 17.4 Å². The first kappa shape index (κ1) is 30.4. The summed E-state index contributed by atoms with van der Waals surface area (Å²) in [6.45, 7) is 6.57. The summed E-state index contributed by atoms with van der Waals surface area (Å²) in [7, 11) is 0. The monoisotopic (exact) mass is 624 g/mol. The standard InChI is InChI=1S/C34H36N6O4S/c1-20(2)44-18-10-17-39-28(35)24(19-25-30(39)37-29-21(3)11-9-16-40(29)34(25)43)31(41)38-33-27(23-14-7-8-15-26(23)45-33)32(42)36-22-12-5-4-6-13-22/h4-6,9,11-13,16,19-20,35H,7-8,10,14-15,17-18H2,1-3H3,(H,36,42)(H,38,41). The largest absolute Gasteiger partial charge is 0.379 e. The van der Waals surface area contributed by atoms with E-state index in [1.807, 2.05) is 57.2 Å². The minimum absolute atomic E-state index is 0.0274. The zero-order valence-electron chi connectivity index (χ0n) is 25.6. The molecule has 10 nitrogen and oxygen atoms in total. The molecule has 4 heterocycles. The van der Waals surface area contributed by atoms with Gasteiger partial charge in [0.2, 0.25) is 0 Å². The molecule has 4 aromatic heterocycles. The predicted octanol–water partition coefficient (Wildman–Crippen LogP) is 5.70. The maximum absolute atomic E-state index is 14.0. The molecule has 5 aromatic rings. The third-order valence-corrected chi connectivity index (χ3v) is 9.22. The van der Waals surface area contributed by atoms with Crippen LogP contribution in [0.3, 0.4) is 0 Å². The van der Waals surface area contributed by atoms with E-state index in [1.54, 1.807) is 16.8 Å². The summed E-state index contributed by atoms with van der Waals surface area (Å²) in [4.78, 5) is 47.2. The number of pyridine rings is 2. The first-order chi connectivity index (χ1) is 21.7. The van der Waals surface area contributed by atoms with Crippen molar-refractivity contribution < 1.29 is 14.3 Å². The van der Waals surface area contributed by atoms with Crippen LogP contribution in [-0.2, 0) is 24.1 Å². The second-order valence-corrected chi connectivity index (χ2v) is 12.7. The quantitative estimate of drug-likeness (QED) is 0.143. The normalized spacial score (nSPS) is 12.9. The van der Waals surface area contributed by atoms with Crippen LogP contribution in [0.25, 0.3) is 16.7 Å². The van der Waals surface area contributed by atoms with Crippen molar-refractivity contribution >= 4 is 50.5 Å². The van der Waals surface area contributed by atoms with E-state index in [-0.39, 0.29) is 34.0 Å². The van der Waals surface area contributed by atoms with Gasteiger partial charge in [-0.25, -0.2) is 4.98 Å². The van der Waals surface area contributed by atoms with E-state index in [0.29, 0.717) is 47.1 Å². The van der Waals surface area contributed by atoms with Gasteiger partial charge in [-0.1, -0.05) is 24.3 Å². The number of para-hydroxylation sites is 1. The predicted molar refractivity (Wildman–Crippen MR) is 177 cm³/mol. The molecule has 45 heavy (non-hydrogen) atoms. The van der Waals surface area contributed by atoms with Gasteiger partial charge in [-0.3, -0.25) is 24.2 Å². The number of nitrogens with one attached hydrogen (secondary N) is 3. The van der Waals surface area contributed by atoms with Crippen molar-refractivity contribution in [1.29, 1.82) is 5.41 Å². The molecule has 0 atom stereocenters. The molecule has 11 heteroatoms. The Kier molecular flexibility index (Phi) is 8.64. The van der Waals surface area contributed by atoms with E-state index in [2.05, 4.69) is 10.6 Å². The number of amides is 2. The summed E-state index contributed by atoms with van der Waals surface area (Å²) in [6.07, 6.45) is 5.85. The summed E-state index contributed by atoms with van der Waals surface area (Å²) in [5.41, 5.74) is 3.39. The average molecular weight is 625 g/mol. The van der Waals surface area contributed by atoms with Gasteiger partial charge < -0.3 is 19.9 Å². The molecule has 1 aromatic carbocycles. The van der Waals surface area contributed by atoms with E-state index in [9.17, 15) is 14.4 Å². The number of carbonyl (C=O) groups excluding carboxylic acids is 2. The van der Waals surface area contributed by atoms with E-state index in [1.165, 1.54) is 21.8 Å². The van der Waals surface area contributed by atoms with Crippen LogP contribution in [0.15, 0.2) is 59.5 Å². The number of fused-ring (bicyclic) bond motifs is 3. The van der Waals surface area contributed by atoms with Gasteiger partial charge in [0.05, 0.1) is 22.6 Å². The van der Waals surface area contributed by atoms with Crippen LogP contribution in [0, 0.1) is 12.3 Å². The van der Waals surface area contributed by atoms with Crippen LogP contribution < -0.4 is 21.7 Å². The lowest BCUT2D eigenvalue weighted by Gasteiger charge is -2.16. The van der Waals surface area contributed by atoms with E-state index in [0.717, 1.165) is 41.7 Å². The van der Waals surface area contributed by atoms with Crippen LogP contribution in [-0.4, -0.2) is 38.5 Å². The molecule has 0 aliphatic heterocycles. The summed E-state index contributed by atoms with van der Waals surface area (Å²) in [5, 5.41) is 15.7. The van der Waals surface area contributed by atoms with Gasteiger partial charge in [-0.05, 0) is 88.3 Å². The number of hydrogen-bond acceptors (Lipinski definition) is 7. The minimum atomic E-state index is -0.560. The number of anilines is 2. The Labute approximate surface area is 264 Å². The molecule has 0 fully saturated rings. The molecule has 1 aliphatic rings. The van der Waals surface area contributed by atoms with E-state index < -0.39 is 5.91 Å². The number of nitrogens with zero attached hydrogens (tertiary/aromatic N) is 3. The molecule has 1 aliphatic carbocycles. The third-order valence-electron chi connectivity index (χ3n) is 8.01. The third kappa shape index (κ3) is 6.05. The van der Waals surface area contributed by atoms with Crippen LogP contribution >= 0.6 is 11.3 Å². The summed E-state index contributed by atoms with van der Waals surface area (Å²) in [5.74, 6) is -0.847. The summed E-state index contributed by atoms with van der Waals surface area (Å²) >= 11 is 1.41. The molecule has 2 amide bonds. The highest BCUT2D eigenvalue weighted by Crippen LogP contribution is 2.38. The molecule has 0 saturated heterocycles. The van der Waals surface area contributed by atoms with Crippen molar-refractivity contribution in [2.24, 2.45) is 0 Å². The number of aromatic nitrogens is 3. The van der Waals surface area contributed by atoms with Gasteiger partial charge in [-0.2, -0.15) is 0 Å². The number of aryl methyl sites for hydroxylation is 3. The minimum Gasteiger partial charge on any atom is -0.379 e. The first-order valence-corrected chi connectivity index (χ1v) is 16.1. The molecule has 0 saturated carbocycles. The Bertz CT molecular complexity index is 2040. The molecule has 0 unspecified atom stereocenters. The fourth-order valence-corrected chi connectivity index (χ4v) is 7.09. The molecular formula is C34H36N6O4S. The van der Waals surface area contributed by atoms with Crippen LogP contribution in [0.2, 0.25) is 0 Å². The number of rotatable bonds is 9. The zero-order chi connectivity index (χ0) is 31.7. The van der Waals surface area contributed by atoms with Gasteiger partial charge in [0.15, 0.2) is 0 Å². The van der Waals surface area contributed by atoms with E-state index in [4.69, 9.17) is 15.1 Å². The highest BCUT2D eigenvalue weighted by Gasteiger charge is 2.28. The van der Waals surface area contributed by atoms with Crippen molar-refractivity contribution in [3.05, 3.63) is 97.7 Å². The first-order valence-electron chi connectivity index (χ1n) is 15.3. The van der Waals surface area contributed by atoms with Crippen LogP contribution in [0.4, 0.5) is 10.7 Å². The fourth-order valence-electron chi connectivity index (χ4n) is 5.81. The number of thiophene rings is 1. The second kappa shape index (κ2) is 12.8. The number of hydrogen-bond donors (Lipinski definition) is 3. The lowest BCUT2D eigenvalue weighted by molar-refractivity contribution is 0.0748. The van der Waals surface area contributed by atoms with Crippen LogP contribution in [0.5, 0.6) is 0 Å². The Morgan fingerprint density at radius 1 is 1.04 bits per heavy atom. The van der Waals surface area contributed by atoms with Crippen molar-refractivity contribution in [1.82, 2.24) is 14.0 Å². The van der Waals surface area contributed by atoms with Crippen LogP contribution in [0.1, 0.15) is 69.8 Å². The second-order valence-electron chi connectivity index (χ2n) is 11.6. The lowest BCUT2D eigenvalue weighted by atomic mass is 9.95. The maximum atomic E-state index is 14.0. The number of ether oxygens (including phenoxy) is 1. The average Bonchev–Trinajstić information content (AvgIpc) is 3.39. The molecule has 0 spiro atoms. The van der Waals surface area contributed by atoms with Crippen molar-refractivity contribution in [3.8, 4) is 0 Å². The molecule has 6 rings (SSSR count). The fraction of sp³-hybridized carbons (Fsp3) is 0.324. The van der Waals surface area contributed by atoms with Crippen molar-refractivity contribution in [2.45, 2.75) is 65.5 Å². The zero-order valence-corrected chi connectivity index (χ0v) is 26.4. The Hall–Kier alpha value is -4.61. The van der Waals surface area contributed by atoms with Gasteiger partial charge in [-0.15, -0.1) is 11.3 Å². The molecule has 3 N–H and O–H groups in total. The van der Waals surface area contributed by atoms with Gasteiger partial charge in [0, 0.05) is 29.9 Å². The topological polar surface area (TPSA) is 131 Å². The van der Waals surface area contributed by atoms with Crippen molar-refractivity contribution in [2.75, 3.05) is 17.2 Å². The Morgan fingerprint density at radius 3 is 2.60 bits per heavy atom. The van der Waals surface area contributed by atoms with Crippen molar-refractivity contribution in [3.63, 3.8) is 0 Å². The molecule has 0 radical (unpaired) electrons. The van der Waals surface area contributed by atoms with E-state index >= 15 is 0 Å². The maximum Gasteiger partial charge on any atom is 0.267 e. The van der Waals surface area contributed by atoms with Gasteiger partial charge in [0.1, 0.15) is 21.8 Å². The summed E-state index contributed by atoms with van der Waals surface area (Å²) < 4.78 is 8.81. The highest BCUT2D eigenvalue weighted by molar-refractivity contribution is 7.17. The Balaban J connectivity index is 1.43. The Morgan fingerprint density at radius 2 is 1.82 bits per heavy atom. The molecular weight excluding hydrogens is 588 g/mol. The smallest absolute Gasteiger partial charge is 0.267 e. The SMILES string of the molecule is Cc1cccn2c(=O)c3cc(C(=O)Nc4sc5c(c4C(=O)Nc4ccccc4)CCCC5)c(=N)n(CCCOC(C)C)c3nc12.